The highest BCUT2D eigenvalue weighted by Gasteiger charge is 2.23. The van der Waals surface area contributed by atoms with Crippen molar-refractivity contribution in [3.63, 3.8) is 0 Å². The van der Waals surface area contributed by atoms with Crippen LogP contribution < -0.4 is 0 Å². The van der Waals surface area contributed by atoms with Gasteiger partial charge in [0.05, 0.1) is 3.57 Å². The molecule has 0 spiro atoms. The molecular formula is C20H17IO. The van der Waals surface area contributed by atoms with Crippen LogP contribution in [0.5, 0.6) is 0 Å². The molecule has 1 aromatic heterocycles. The molecule has 0 radical (unpaired) electrons. The van der Waals surface area contributed by atoms with Gasteiger partial charge in [-0.05, 0) is 50.9 Å². The Morgan fingerprint density at radius 1 is 0.864 bits per heavy atom. The van der Waals surface area contributed by atoms with E-state index in [-0.39, 0.29) is 5.41 Å². The maximum Gasteiger partial charge on any atom is 0.148 e. The van der Waals surface area contributed by atoms with Gasteiger partial charge >= 0.3 is 0 Å². The SMILES string of the molecule is CC(C)(C)c1cc2ccccc2c2c1oc1c(I)cccc12. The van der Waals surface area contributed by atoms with Crippen LogP contribution in [0.15, 0.2) is 52.9 Å². The van der Waals surface area contributed by atoms with Crippen LogP contribution in [0.2, 0.25) is 0 Å². The first-order valence-corrected chi connectivity index (χ1v) is 8.57. The van der Waals surface area contributed by atoms with Gasteiger partial charge in [-0.2, -0.15) is 0 Å². The molecule has 0 fully saturated rings. The summed E-state index contributed by atoms with van der Waals surface area (Å²) in [6.07, 6.45) is 0. The quantitative estimate of drug-likeness (QED) is 0.302. The maximum atomic E-state index is 6.34. The van der Waals surface area contributed by atoms with Crippen LogP contribution in [-0.2, 0) is 5.41 Å². The average molecular weight is 400 g/mol. The third-order valence-corrected chi connectivity index (χ3v) is 5.10. The van der Waals surface area contributed by atoms with Gasteiger partial charge in [-0.25, -0.2) is 0 Å². The van der Waals surface area contributed by atoms with Gasteiger partial charge in [-0.1, -0.05) is 57.2 Å². The topological polar surface area (TPSA) is 13.1 Å². The lowest BCUT2D eigenvalue weighted by Crippen LogP contribution is -2.11. The lowest BCUT2D eigenvalue weighted by molar-refractivity contribution is 0.573. The van der Waals surface area contributed by atoms with E-state index in [2.05, 4.69) is 91.9 Å². The molecule has 0 unspecified atom stereocenters. The monoisotopic (exact) mass is 400 g/mol. The lowest BCUT2D eigenvalue weighted by atomic mass is 9.84. The summed E-state index contributed by atoms with van der Waals surface area (Å²) in [5.41, 5.74) is 3.35. The van der Waals surface area contributed by atoms with E-state index >= 15 is 0 Å². The molecule has 1 heterocycles. The van der Waals surface area contributed by atoms with Crippen LogP contribution in [-0.4, -0.2) is 0 Å². The van der Waals surface area contributed by atoms with Crippen molar-refractivity contribution in [2.24, 2.45) is 0 Å². The van der Waals surface area contributed by atoms with Gasteiger partial charge in [0.15, 0.2) is 0 Å². The summed E-state index contributed by atoms with van der Waals surface area (Å²) in [6.45, 7) is 6.73. The van der Waals surface area contributed by atoms with E-state index in [1.54, 1.807) is 0 Å². The van der Waals surface area contributed by atoms with Crippen molar-refractivity contribution in [1.82, 2.24) is 0 Å². The minimum absolute atomic E-state index is 0.0432. The molecule has 4 aromatic rings. The molecule has 0 saturated carbocycles. The fourth-order valence-corrected chi connectivity index (χ4v) is 3.78. The lowest BCUT2D eigenvalue weighted by Gasteiger charge is -2.20. The highest BCUT2D eigenvalue weighted by atomic mass is 127. The molecule has 0 bridgehead atoms. The van der Waals surface area contributed by atoms with Crippen LogP contribution in [0.1, 0.15) is 26.3 Å². The van der Waals surface area contributed by atoms with Crippen LogP contribution >= 0.6 is 22.6 Å². The molecule has 0 aliphatic carbocycles. The van der Waals surface area contributed by atoms with Crippen molar-refractivity contribution in [1.29, 1.82) is 0 Å². The predicted octanol–water partition coefficient (Wildman–Crippen LogP) is 6.64. The molecule has 2 heteroatoms. The molecule has 0 aliphatic heterocycles. The van der Waals surface area contributed by atoms with Crippen LogP contribution in [0, 0.1) is 3.57 Å². The van der Waals surface area contributed by atoms with E-state index in [4.69, 9.17) is 4.42 Å². The van der Waals surface area contributed by atoms with Gasteiger partial charge in [-0.3, -0.25) is 0 Å². The molecule has 1 nitrogen and oxygen atoms in total. The molecular weight excluding hydrogens is 383 g/mol. The van der Waals surface area contributed by atoms with Crippen molar-refractivity contribution in [3.05, 3.63) is 57.7 Å². The van der Waals surface area contributed by atoms with Crippen molar-refractivity contribution in [2.75, 3.05) is 0 Å². The van der Waals surface area contributed by atoms with Gasteiger partial charge in [0.2, 0.25) is 0 Å². The molecule has 4 rings (SSSR count). The summed E-state index contributed by atoms with van der Waals surface area (Å²) in [5.74, 6) is 0. The van der Waals surface area contributed by atoms with Gasteiger partial charge in [0.1, 0.15) is 11.2 Å². The maximum absolute atomic E-state index is 6.34. The van der Waals surface area contributed by atoms with Gasteiger partial charge in [0.25, 0.3) is 0 Å². The number of halogens is 1. The van der Waals surface area contributed by atoms with E-state index in [1.807, 2.05) is 0 Å². The highest BCUT2D eigenvalue weighted by Crippen LogP contribution is 2.41. The Balaban J connectivity index is 2.35. The molecule has 0 aliphatic rings. The Morgan fingerprint density at radius 2 is 1.59 bits per heavy atom. The number of rotatable bonds is 0. The predicted molar refractivity (Wildman–Crippen MR) is 103 cm³/mol. The number of hydrogen-bond donors (Lipinski definition) is 0. The van der Waals surface area contributed by atoms with Crippen LogP contribution in [0.25, 0.3) is 32.7 Å². The van der Waals surface area contributed by atoms with E-state index in [0.29, 0.717) is 0 Å². The summed E-state index contributed by atoms with van der Waals surface area (Å²) in [6, 6.07) is 17.3. The zero-order chi connectivity index (χ0) is 15.5. The second kappa shape index (κ2) is 4.72. The van der Waals surface area contributed by atoms with Gasteiger partial charge in [-0.15, -0.1) is 0 Å². The Kier molecular flexibility index (Phi) is 3.02. The number of furan rings is 1. The Labute approximate surface area is 143 Å². The zero-order valence-corrected chi connectivity index (χ0v) is 15.1. The fraction of sp³-hybridized carbons (Fsp3) is 0.200. The molecule has 22 heavy (non-hydrogen) atoms. The number of para-hydroxylation sites is 1. The summed E-state index contributed by atoms with van der Waals surface area (Å²) < 4.78 is 7.50. The summed E-state index contributed by atoms with van der Waals surface area (Å²) in [5, 5.41) is 5.01. The Bertz CT molecular complexity index is 1020. The van der Waals surface area contributed by atoms with E-state index in [0.717, 1.165) is 14.7 Å². The molecule has 0 N–H and O–H groups in total. The van der Waals surface area contributed by atoms with Gasteiger partial charge in [0, 0.05) is 16.3 Å². The number of hydrogen-bond acceptors (Lipinski definition) is 1. The third kappa shape index (κ3) is 1.97. The minimum Gasteiger partial charge on any atom is -0.455 e. The molecule has 0 saturated heterocycles. The molecule has 110 valence electrons. The van der Waals surface area contributed by atoms with Gasteiger partial charge < -0.3 is 4.42 Å². The number of benzene rings is 3. The normalized spacial score (nSPS) is 12.5. The summed E-state index contributed by atoms with van der Waals surface area (Å²) in [4.78, 5) is 0. The molecule has 3 aromatic carbocycles. The second-order valence-corrected chi connectivity index (χ2v) is 7.98. The fourth-order valence-electron chi connectivity index (χ4n) is 3.17. The summed E-state index contributed by atoms with van der Waals surface area (Å²) in [7, 11) is 0. The van der Waals surface area contributed by atoms with E-state index < -0.39 is 0 Å². The van der Waals surface area contributed by atoms with Crippen LogP contribution in [0.4, 0.5) is 0 Å². The van der Waals surface area contributed by atoms with Crippen molar-refractivity contribution in [3.8, 4) is 0 Å². The molecule has 0 amide bonds. The number of fused-ring (bicyclic) bond motifs is 5. The van der Waals surface area contributed by atoms with Crippen molar-refractivity contribution in [2.45, 2.75) is 26.2 Å². The third-order valence-electron chi connectivity index (χ3n) is 4.25. The first kappa shape index (κ1) is 14.1. The van der Waals surface area contributed by atoms with E-state index in [9.17, 15) is 0 Å². The second-order valence-electron chi connectivity index (χ2n) is 6.82. The zero-order valence-electron chi connectivity index (χ0n) is 12.9. The van der Waals surface area contributed by atoms with E-state index in [1.165, 1.54) is 27.1 Å². The Morgan fingerprint density at radius 3 is 2.36 bits per heavy atom. The smallest absolute Gasteiger partial charge is 0.148 e. The minimum atomic E-state index is 0.0432. The highest BCUT2D eigenvalue weighted by molar-refractivity contribution is 14.1. The van der Waals surface area contributed by atoms with Crippen molar-refractivity contribution >= 4 is 55.3 Å². The van der Waals surface area contributed by atoms with Crippen LogP contribution in [0.3, 0.4) is 0 Å². The largest absolute Gasteiger partial charge is 0.455 e. The van der Waals surface area contributed by atoms with Crippen molar-refractivity contribution < 1.29 is 4.42 Å². The standard InChI is InChI=1S/C20H17IO/c1-20(2,3)15-11-12-7-4-5-8-13(12)17-14-9-6-10-16(21)18(14)22-19(15)17/h4-11H,1-3H3. The average Bonchev–Trinajstić information content (AvgIpc) is 2.86. The first-order chi connectivity index (χ1) is 10.5. The summed E-state index contributed by atoms with van der Waals surface area (Å²) >= 11 is 2.36. The Hall–Kier alpha value is -1.55. The first-order valence-electron chi connectivity index (χ1n) is 7.50. The molecule has 0 atom stereocenters.